The van der Waals surface area contributed by atoms with Gasteiger partial charge in [0, 0.05) is 11.6 Å². The molecule has 1 atom stereocenters. The summed E-state index contributed by atoms with van der Waals surface area (Å²) in [5.41, 5.74) is 1.51. The van der Waals surface area contributed by atoms with E-state index in [9.17, 15) is 9.90 Å². The van der Waals surface area contributed by atoms with E-state index in [2.05, 4.69) is 4.98 Å². The first kappa shape index (κ1) is 12.5. The monoisotopic (exact) mass is 245 g/mol. The second kappa shape index (κ2) is 5.60. The normalized spacial score (nSPS) is 12.3. The molecule has 4 nitrogen and oxygen atoms in total. The average Bonchev–Trinajstić information content (AvgIpc) is 2.38. The summed E-state index contributed by atoms with van der Waals surface area (Å²) in [7, 11) is 0. The molecule has 0 saturated carbocycles. The molecule has 1 unspecified atom stereocenters. The van der Waals surface area contributed by atoms with Gasteiger partial charge in [0.15, 0.2) is 0 Å². The minimum absolute atomic E-state index is 0.0398. The molecule has 0 saturated heterocycles. The van der Waals surface area contributed by atoms with Crippen LogP contribution in [0.5, 0.6) is 0 Å². The van der Waals surface area contributed by atoms with E-state index in [0.717, 1.165) is 10.9 Å². The number of aliphatic hydroxyl groups is 1. The van der Waals surface area contributed by atoms with Gasteiger partial charge >= 0.3 is 5.97 Å². The molecule has 0 amide bonds. The third-order valence-electron chi connectivity index (χ3n) is 2.71. The Bertz CT molecular complexity index is 548. The minimum atomic E-state index is -0.864. The first-order chi connectivity index (χ1) is 8.72. The maximum Gasteiger partial charge on any atom is 0.308 e. The lowest BCUT2D eigenvalue weighted by Gasteiger charge is -2.12. The molecule has 0 aliphatic heterocycles. The van der Waals surface area contributed by atoms with Crippen molar-refractivity contribution in [3.8, 4) is 0 Å². The van der Waals surface area contributed by atoms with Crippen LogP contribution in [0.25, 0.3) is 10.9 Å². The molecule has 18 heavy (non-hydrogen) atoms. The van der Waals surface area contributed by atoms with Gasteiger partial charge in [0.25, 0.3) is 0 Å². The van der Waals surface area contributed by atoms with Gasteiger partial charge in [-0.15, -0.1) is 0 Å². The van der Waals surface area contributed by atoms with Crippen LogP contribution < -0.4 is 0 Å². The molecule has 0 fully saturated rings. The number of fused-ring (bicyclic) bond motifs is 1. The van der Waals surface area contributed by atoms with Crippen molar-refractivity contribution >= 4 is 16.9 Å². The van der Waals surface area contributed by atoms with E-state index < -0.39 is 12.1 Å². The van der Waals surface area contributed by atoms with E-state index >= 15 is 0 Å². The zero-order valence-corrected chi connectivity index (χ0v) is 10.2. The number of aliphatic hydroxyl groups excluding tert-OH is 1. The lowest BCUT2D eigenvalue weighted by Crippen LogP contribution is -2.10. The summed E-state index contributed by atoms with van der Waals surface area (Å²) < 4.78 is 4.83. The zero-order chi connectivity index (χ0) is 13.0. The third kappa shape index (κ3) is 2.65. The lowest BCUT2D eigenvalue weighted by molar-refractivity contribution is -0.145. The molecule has 1 aromatic heterocycles. The molecule has 0 radical (unpaired) electrons. The number of carbonyl (C=O) groups is 1. The first-order valence-electron chi connectivity index (χ1n) is 5.89. The maximum atomic E-state index is 11.4. The van der Waals surface area contributed by atoms with Crippen molar-refractivity contribution in [1.82, 2.24) is 4.98 Å². The van der Waals surface area contributed by atoms with E-state index in [1.807, 2.05) is 24.3 Å². The first-order valence-corrected chi connectivity index (χ1v) is 5.89. The number of rotatable bonds is 4. The molecule has 0 aliphatic rings. The summed E-state index contributed by atoms with van der Waals surface area (Å²) in [6.07, 6.45) is 0.727. The number of pyridine rings is 1. The number of benzene rings is 1. The van der Waals surface area contributed by atoms with Gasteiger partial charge in [0.05, 0.1) is 24.6 Å². The Morgan fingerprint density at radius 1 is 1.39 bits per heavy atom. The topological polar surface area (TPSA) is 59.4 Å². The van der Waals surface area contributed by atoms with E-state index in [-0.39, 0.29) is 6.42 Å². The van der Waals surface area contributed by atoms with Crippen molar-refractivity contribution in [1.29, 1.82) is 0 Å². The van der Waals surface area contributed by atoms with Crippen LogP contribution in [0.3, 0.4) is 0 Å². The van der Waals surface area contributed by atoms with E-state index in [1.165, 1.54) is 0 Å². The fourth-order valence-corrected chi connectivity index (χ4v) is 1.90. The highest BCUT2D eigenvalue weighted by Gasteiger charge is 2.16. The van der Waals surface area contributed by atoms with Crippen molar-refractivity contribution in [3.05, 3.63) is 42.1 Å². The highest BCUT2D eigenvalue weighted by Crippen LogP contribution is 2.24. The van der Waals surface area contributed by atoms with Crippen LogP contribution in [0.1, 0.15) is 25.0 Å². The predicted molar refractivity (Wildman–Crippen MR) is 68.0 cm³/mol. The number of ether oxygens (including phenoxy) is 1. The van der Waals surface area contributed by atoms with E-state index in [1.54, 1.807) is 19.2 Å². The zero-order valence-electron chi connectivity index (χ0n) is 10.2. The lowest BCUT2D eigenvalue weighted by atomic mass is 10.0. The summed E-state index contributed by atoms with van der Waals surface area (Å²) in [5, 5.41) is 10.9. The predicted octanol–water partition coefficient (Wildman–Crippen LogP) is 2.22. The van der Waals surface area contributed by atoms with Gasteiger partial charge in [-0.25, -0.2) is 0 Å². The second-order valence-electron chi connectivity index (χ2n) is 3.94. The average molecular weight is 245 g/mol. The van der Waals surface area contributed by atoms with Gasteiger partial charge in [-0.3, -0.25) is 9.78 Å². The van der Waals surface area contributed by atoms with Crippen LogP contribution in [0.4, 0.5) is 0 Å². The molecule has 0 aliphatic carbocycles. The van der Waals surface area contributed by atoms with Crippen molar-refractivity contribution in [2.75, 3.05) is 6.61 Å². The van der Waals surface area contributed by atoms with Crippen LogP contribution in [0, 0.1) is 0 Å². The van der Waals surface area contributed by atoms with Gasteiger partial charge in [-0.2, -0.15) is 0 Å². The van der Waals surface area contributed by atoms with Crippen LogP contribution in [-0.4, -0.2) is 22.7 Å². The summed E-state index contributed by atoms with van der Waals surface area (Å²) >= 11 is 0. The largest absolute Gasteiger partial charge is 0.466 e. The highest BCUT2D eigenvalue weighted by molar-refractivity contribution is 5.83. The van der Waals surface area contributed by atoms with Crippen molar-refractivity contribution in [2.24, 2.45) is 0 Å². The molecule has 1 aromatic carbocycles. The Balaban J connectivity index is 2.27. The number of esters is 1. The quantitative estimate of drug-likeness (QED) is 0.839. The van der Waals surface area contributed by atoms with Crippen LogP contribution in [0.2, 0.25) is 0 Å². The molecule has 94 valence electrons. The molecule has 4 heteroatoms. The SMILES string of the molecule is CCOC(=O)CC(O)c1ccnc2ccccc12. The molecular weight excluding hydrogens is 230 g/mol. The Labute approximate surface area is 105 Å². The Kier molecular flexibility index (Phi) is 3.89. The summed E-state index contributed by atoms with van der Waals surface area (Å²) in [5.74, 6) is -0.397. The van der Waals surface area contributed by atoms with Crippen molar-refractivity contribution in [2.45, 2.75) is 19.4 Å². The molecule has 1 heterocycles. The Morgan fingerprint density at radius 3 is 2.94 bits per heavy atom. The van der Waals surface area contributed by atoms with Crippen LogP contribution in [0.15, 0.2) is 36.5 Å². The number of para-hydroxylation sites is 1. The summed E-state index contributed by atoms with van der Waals surface area (Å²) in [6.45, 7) is 2.06. The number of aromatic nitrogens is 1. The third-order valence-corrected chi connectivity index (χ3v) is 2.71. The van der Waals surface area contributed by atoms with Crippen LogP contribution >= 0.6 is 0 Å². The number of nitrogens with zero attached hydrogens (tertiary/aromatic N) is 1. The second-order valence-corrected chi connectivity index (χ2v) is 3.94. The fourth-order valence-electron chi connectivity index (χ4n) is 1.90. The molecule has 1 N–H and O–H groups in total. The summed E-state index contributed by atoms with van der Waals surface area (Å²) in [4.78, 5) is 15.6. The molecule has 2 rings (SSSR count). The molecule has 2 aromatic rings. The fraction of sp³-hybridized carbons (Fsp3) is 0.286. The van der Waals surface area contributed by atoms with Crippen molar-refractivity contribution < 1.29 is 14.6 Å². The molecule has 0 bridgehead atoms. The molecular formula is C14H15NO3. The van der Waals surface area contributed by atoms with Gasteiger partial charge < -0.3 is 9.84 Å². The van der Waals surface area contributed by atoms with E-state index in [0.29, 0.717) is 12.2 Å². The van der Waals surface area contributed by atoms with Gasteiger partial charge in [0.2, 0.25) is 0 Å². The molecule has 0 spiro atoms. The Morgan fingerprint density at radius 2 is 2.17 bits per heavy atom. The van der Waals surface area contributed by atoms with Crippen LogP contribution in [-0.2, 0) is 9.53 Å². The van der Waals surface area contributed by atoms with Gasteiger partial charge in [-0.1, -0.05) is 18.2 Å². The van der Waals surface area contributed by atoms with Gasteiger partial charge in [-0.05, 0) is 24.6 Å². The Hall–Kier alpha value is -1.94. The van der Waals surface area contributed by atoms with Crippen molar-refractivity contribution in [3.63, 3.8) is 0 Å². The minimum Gasteiger partial charge on any atom is -0.466 e. The summed E-state index contributed by atoms with van der Waals surface area (Å²) in [6, 6.07) is 9.25. The number of hydrogen-bond acceptors (Lipinski definition) is 4. The number of hydrogen-bond donors (Lipinski definition) is 1. The maximum absolute atomic E-state index is 11.4. The number of carbonyl (C=O) groups excluding carboxylic acids is 1. The highest BCUT2D eigenvalue weighted by atomic mass is 16.5. The van der Waals surface area contributed by atoms with Gasteiger partial charge in [0.1, 0.15) is 0 Å². The van der Waals surface area contributed by atoms with E-state index in [4.69, 9.17) is 4.74 Å². The standard InChI is InChI=1S/C14H15NO3/c1-2-18-14(17)9-13(16)11-7-8-15-12-6-4-3-5-10(11)12/h3-8,13,16H,2,9H2,1H3. The smallest absolute Gasteiger partial charge is 0.308 e.